The molecule has 0 unspecified atom stereocenters. The van der Waals surface area contributed by atoms with Crippen LogP contribution in [0, 0.1) is 6.92 Å². The fourth-order valence-corrected chi connectivity index (χ4v) is 3.18. The summed E-state index contributed by atoms with van der Waals surface area (Å²) in [4.78, 5) is 38.3. The van der Waals surface area contributed by atoms with Gasteiger partial charge in [0.2, 0.25) is 0 Å². The average Bonchev–Trinajstić information content (AvgIpc) is 3.06. The molecule has 28 heavy (non-hydrogen) atoms. The van der Waals surface area contributed by atoms with Gasteiger partial charge in [-0.3, -0.25) is 14.3 Å². The Morgan fingerprint density at radius 2 is 2.14 bits per heavy atom. The second kappa shape index (κ2) is 8.37. The number of esters is 1. The molecule has 8 heteroatoms. The monoisotopic (exact) mass is 386 g/mol. The fraction of sp³-hybridized carbons (Fsp3) is 0.350. The maximum atomic E-state index is 12.4. The largest absolute Gasteiger partial charge is 0.456 e. The summed E-state index contributed by atoms with van der Waals surface area (Å²) in [6.45, 7) is 5.24. The number of rotatable bonds is 6. The van der Waals surface area contributed by atoms with E-state index in [2.05, 4.69) is 11.6 Å². The highest BCUT2D eigenvalue weighted by atomic mass is 16.6. The smallest absolute Gasteiger partial charge is 0.338 e. The zero-order valence-corrected chi connectivity index (χ0v) is 15.4. The molecular weight excluding hydrogens is 364 g/mol. The number of hydrogen-bond donors (Lipinski definition) is 2. The number of aromatic nitrogens is 2. The van der Waals surface area contributed by atoms with Gasteiger partial charge in [-0.25, -0.2) is 9.59 Å². The van der Waals surface area contributed by atoms with Crippen LogP contribution in [-0.2, 0) is 9.47 Å². The van der Waals surface area contributed by atoms with Crippen LogP contribution in [0.4, 0.5) is 0 Å². The van der Waals surface area contributed by atoms with E-state index < -0.39 is 41.8 Å². The zero-order valence-electron chi connectivity index (χ0n) is 15.4. The molecule has 0 radical (unpaired) electrons. The maximum Gasteiger partial charge on any atom is 0.338 e. The van der Waals surface area contributed by atoms with Gasteiger partial charge in [0.1, 0.15) is 18.4 Å². The third-order valence-corrected chi connectivity index (χ3v) is 4.63. The minimum absolute atomic E-state index is 0.118. The lowest BCUT2D eigenvalue weighted by Crippen LogP contribution is -2.38. The summed E-state index contributed by atoms with van der Waals surface area (Å²) in [6.07, 6.45) is -0.00986. The molecule has 4 atom stereocenters. The van der Waals surface area contributed by atoms with E-state index in [9.17, 15) is 19.5 Å². The van der Waals surface area contributed by atoms with Crippen LogP contribution in [0.3, 0.4) is 0 Å². The third kappa shape index (κ3) is 4.13. The highest BCUT2D eigenvalue weighted by molar-refractivity contribution is 5.89. The molecule has 0 aliphatic carbocycles. The third-order valence-electron chi connectivity index (χ3n) is 4.63. The molecule has 1 aromatic carbocycles. The lowest BCUT2D eigenvalue weighted by molar-refractivity contribution is -0.0889. The van der Waals surface area contributed by atoms with Crippen LogP contribution < -0.4 is 11.2 Å². The quantitative estimate of drug-likeness (QED) is 0.572. The first-order valence-electron chi connectivity index (χ1n) is 8.93. The van der Waals surface area contributed by atoms with Gasteiger partial charge in [-0.1, -0.05) is 24.3 Å². The van der Waals surface area contributed by atoms with Crippen molar-refractivity contribution in [2.45, 2.75) is 44.3 Å². The number of nitrogens with one attached hydrogen (secondary N) is 1. The Hall–Kier alpha value is -2.97. The molecule has 148 valence electrons. The molecule has 2 aromatic rings. The minimum Gasteiger partial charge on any atom is -0.456 e. The summed E-state index contributed by atoms with van der Waals surface area (Å²) in [5.41, 5.74) is -0.375. The van der Waals surface area contributed by atoms with Crippen molar-refractivity contribution in [2.75, 3.05) is 0 Å². The number of aliphatic hydroxyl groups excluding tert-OH is 1. The van der Waals surface area contributed by atoms with E-state index in [-0.39, 0.29) is 12.8 Å². The molecule has 1 aliphatic rings. The summed E-state index contributed by atoms with van der Waals surface area (Å²) >= 11 is 0. The number of aryl methyl sites for hydroxylation is 1. The van der Waals surface area contributed by atoms with E-state index >= 15 is 0 Å². The predicted molar refractivity (Wildman–Crippen MR) is 101 cm³/mol. The highest BCUT2D eigenvalue weighted by Crippen LogP contribution is 2.32. The molecule has 0 amide bonds. The lowest BCUT2D eigenvalue weighted by Gasteiger charge is -2.25. The Labute approximate surface area is 161 Å². The first-order chi connectivity index (χ1) is 13.4. The van der Waals surface area contributed by atoms with Crippen molar-refractivity contribution >= 4 is 5.97 Å². The number of benzene rings is 1. The average molecular weight is 386 g/mol. The van der Waals surface area contributed by atoms with Crippen LogP contribution in [0.5, 0.6) is 0 Å². The zero-order chi connectivity index (χ0) is 20.3. The predicted octanol–water partition coefficient (Wildman–Crippen LogP) is 1.30. The Balaban J connectivity index is 1.80. The summed E-state index contributed by atoms with van der Waals surface area (Å²) < 4.78 is 12.6. The van der Waals surface area contributed by atoms with Gasteiger partial charge in [0.15, 0.2) is 0 Å². The van der Waals surface area contributed by atoms with Crippen LogP contribution in [0.1, 0.15) is 35.0 Å². The first kappa shape index (κ1) is 19.8. The molecule has 3 rings (SSSR count). The molecule has 0 saturated carbocycles. The van der Waals surface area contributed by atoms with Crippen LogP contribution in [0.25, 0.3) is 0 Å². The van der Waals surface area contributed by atoms with E-state index in [4.69, 9.17) is 9.47 Å². The molecule has 1 fully saturated rings. The Kier molecular flexibility index (Phi) is 5.91. The van der Waals surface area contributed by atoms with Gasteiger partial charge in [0, 0.05) is 24.6 Å². The number of hydrogen-bond acceptors (Lipinski definition) is 6. The van der Waals surface area contributed by atoms with Gasteiger partial charge in [-0.05, 0) is 19.1 Å². The number of aliphatic hydroxyl groups is 1. The first-order valence-corrected chi connectivity index (χ1v) is 8.93. The Morgan fingerprint density at radius 1 is 1.43 bits per heavy atom. The second-order valence-electron chi connectivity index (χ2n) is 6.67. The summed E-state index contributed by atoms with van der Waals surface area (Å²) in [5, 5.41) is 10.5. The van der Waals surface area contributed by atoms with Crippen LogP contribution in [0.15, 0.2) is 58.8 Å². The fourth-order valence-electron chi connectivity index (χ4n) is 3.18. The lowest BCUT2D eigenvalue weighted by atomic mass is 10.0. The molecule has 1 aliphatic heterocycles. The van der Waals surface area contributed by atoms with Crippen LogP contribution in [-0.4, -0.2) is 38.9 Å². The molecule has 8 nitrogen and oxygen atoms in total. The van der Waals surface area contributed by atoms with E-state index in [1.54, 1.807) is 43.3 Å². The standard InChI is InChI=1S/C20H22N2O6/c1-3-7-15(27-19(25)13-8-5-4-6-9-13)17-14(23)10-16(28-17)22-11-12(2)18(24)21-20(22)26/h3-6,8-9,11,14-17,23H,1,7,10H2,2H3,(H,21,24,26)/t14-,15-,16+,17-/m0/s1. The second-order valence-corrected chi connectivity index (χ2v) is 6.67. The van der Waals surface area contributed by atoms with Gasteiger partial charge in [0.05, 0.1) is 11.7 Å². The van der Waals surface area contributed by atoms with E-state index in [0.717, 1.165) is 0 Å². The van der Waals surface area contributed by atoms with Gasteiger partial charge < -0.3 is 14.6 Å². The van der Waals surface area contributed by atoms with Crippen molar-refractivity contribution in [2.24, 2.45) is 0 Å². The molecule has 1 saturated heterocycles. The number of H-pyrrole nitrogens is 1. The van der Waals surface area contributed by atoms with Crippen molar-refractivity contribution in [3.05, 3.63) is 81.1 Å². The van der Waals surface area contributed by atoms with Crippen molar-refractivity contribution in [1.29, 1.82) is 0 Å². The van der Waals surface area contributed by atoms with Crippen LogP contribution >= 0.6 is 0 Å². The van der Waals surface area contributed by atoms with E-state index in [0.29, 0.717) is 11.1 Å². The molecule has 0 spiro atoms. The summed E-state index contributed by atoms with van der Waals surface area (Å²) in [7, 11) is 0. The topological polar surface area (TPSA) is 111 Å². The number of nitrogens with zero attached hydrogens (tertiary/aromatic N) is 1. The number of aromatic amines is 1. The highest BCUT2D eigenvalue weighted by Gasteiger charge is 2.41. The molecule has 2 heterocycles. The molecule has 1 aromatic heterocycles. The normalized spacial score (nSPS) is 22.6. The van der Waals surface area contributed by atoms with Crippen molar-refractivity contribution in [3.8, 4) is 0 Å². The SMILES string of the molecule is C=CC[C@H](OC(=O)c1ccccc1)[C@H]1O[C@@H](n2cc(C)c(=O)[nH]c2=O)C[C@@H]1O. The molecule has 2 N–H and O–H groups in total. The molecular formula is C20H22N2O6. The number of carbonyl (C=O) groups is 1. The van der Waals surface area contributed by atoms with Crippen molar-refractivity contribution in [1.82, 2.24) is 9.55 Å². The summed E-state index contributed by atoms with van der Waals surface area (Å²) in [5.74, 6) is -0.538. The number of carbonyl (C=O) groups excluding carboxylic acids is 1. The Bertz CT molecular complexity index is 965. The van der Waals surface area contributed by atoms with Crippen molar-refractivity contribution in [3.63, 3.8) is 0 Å². The maximum absolute atomic E-state index is 12.4. The van der Waals surface area contributed by atoms with Crippen LogP contribution in [0.2, 0.25) is 0 Å². The Morgan fingerprint density at radius 3 is 2.82 bits per heavy atom. The van der Waals surface area contributed by atoms with E-state index in [1.807, 2.05) is 0 Å². The summed E-state index contributed by atoms with van der Waals surface area (Å²) in [6, 6.07) is 8.49. The van der Waals surface area contributed by atoms with Gasteiger partial charge >= 0.3 is 11.7 Å². The van der Waals surface area contributed by atoms with E-state index in [1.165, 1.54) is 10.8 Å². The van der Waals surface area contributed by atoms with Crippen molar-refractivity contribution < 1.29 is 19.4 Å². The minimum atomic E-state index is -0.961. The van der Waals surface area contributed by atoms with Gasteiger partial charge in [0.25, 0.3) is 5.56 Å². The van der Waals surface area contributed by atoms with Gasteiger partial charge in [-0.2, -0.15) is 0 Å². The number of ether oxygens (including phenoxy) is 2. The van der Waals surface area contributed by atoms with Gasteiger partial charge in [-0.15, -0.1) is 6.58 Å². The molecule has 0 bridgehead atoms.